The number of aryl methyl sites for hydroxylation is 2. The predicted octanol–water partition coefficient (Wildman–Crippen LogP) is 2.53. The highest BCUT2D eigenvalue weighted by molar-refractivity contribution is 5.70. The molecule has 0 bridgehead atoms. The number of aromatic nitrogens is 4. The van der Waals surface area contributed by atoms with E-state index < -0.39 is 0 Å². The van der Waals surface area contributed by atoms with Gasteiger partial charge in [-0.05, 0) is 49.2 Å². The summed E-state index contributed by atoms with van der Waals surface area (Å²) in [7, 11) is 0. The summed E-state index contributed by atoms with van der Waals surface area (Å²) >= 11 is 0. The van der Waals surface area contributed by atoms with Gasteiger partial charge in [0.2, 0.25) is 0 Å². The summed E-state index contributed by atoms with van der Waals surface area (Å²) in [6.07, 6.45) is 3.44. The summed E-state index contributed by atoms with van der Waals surface area (Å²) in [4.78, 5) is 4.08. The van der Waals surface area contributed by atoms with Crippen LogP contribution in [-0.4, -0.2) is 20.0 Å². The van der Waals surface area contributed by atoms with E-state index in [9.17, 15) is 0 Å². The third-order valence-electron chi connectivity index (χ3n) is 3.09. The number of nitrogens with zero attached hydrogens (tertiary/aromatic N) is 4. The van der Waals surface area contributed by atoms with Crippen LogP contribution >= 0.6 is 0 Å². The summed E-state index contributed by atoms with van der Waals surface area (Å²) in [5.41, 5.74) is 10.9. The number of pyridine rings is 1. The summed E-state index contributed by atoms with van der Waals surface area (Å²) in [6, 6.07) is 9.94. The van der Waals surface area contributed by atoms with Crippen LogP contribution in [0.1, 0.15) is 11.1 Å². The molecule has 2 heterocycles. The Bertz CT molecular complexity index is 726. The van der Waals surface area contributed by atoms with Crippen LogP contribution in [0, 0.1) is 13.8 Å². The molecule has 20 heavy (non-hydrogen) atoms. The van der Waals surface area contributed by atoms with E-state index in [4.69, 9.17) is 5.73 Å². The number of rotatable bonds is 2. The molecule has 0 fully saturated rings. The summed E-state index contributed by atoms with van der Waals surface area (Å²) in [5.74, 6) is 0.517. The fourth-order valence-electron chi connectivity index (χ4n) is 2.26. The van der Waals surface area contributed by atoms with Crippen molar-refractivity contribution in [2.45, 2.75) is 13.8 Å². The van der Waals surface area contributed by atoms with Crippen LogP contribution < -0.4 is 5.73 Å². The van der Waals surface area contributed by atoms with Crippen molar-refractivity contribution in [2.75, 3.05) is 5.73 Å². The molecule has 5 heteroatoms. The first-order valence-electron chi connectivity index (χ1n) is 6.35. The third kappa shape index (κ3) is 2.14. The first-order chi connectivity index (χ1) is 9.65. The molecule has 0 spiro atoms. The first kappa shape index (κ1) is 12.3. The molecule has 0 aliphatic rings. The quantitative estimate of drug-likeness (QED) is 0.773. The Morgan fingerprint density at radius 2 is 1.85 bits per heavy atom. The van der Waals surface area contributed by atoms with Crippen molar-refractivity contribution in [2.24, 2.45) is 0 Å². The van der Waals surface area contributed by atoms with Gasteiger partial charge in [-0.1, -0.05) is 11.3 Å². The Labute approximate surface area is 117 Å². The number of hydrogen-bond acceptors (Lipinski definition) is 4. The van der Waals surface area contributed by atoms with Crippen molar-refractivity contribution in [1.29, 1.82) is 0 Å². The predicted molar refractivity (Wildman–Crippen MR) is 78.5 cm³/mol. The molecule has 1 aromatic carbocycles. The minimum Gasteiger partial charge on any atom is -0.382 e. The molecule has 0 unspecified atom stereocenters. The zero-order valence-corrected chi connectivity index (χ0v) is 11.4. The second kappa shape index (κ2) is 4.77. The normalized spacial score (nSPS) is 10.7. The standard InChI is InChI=1S/C15H15N5/c1-10-6-11(2)8-13(7-10)20-15(16)14(18-19-20)12-4-3-5-17-9-12/h3-9H,16H2,1-2H3. The monoisotopic (exact) mass is 265 g/mol. The van der Waals surface area contributed by atoms with E-state index in [2.05, 4.69) is 21.4 Å². The fourth-order valence-corrected chi connectivity index (χ4v) is 2.26. The topological polar surface area (TPSA) is 69.6 Å². The van der Waals surface area contributed by atoms with Crippen molar-refractivity contribution in [3.8, 4) is 16.9 Å². The van der Waals surface area contributed by atoms with E-state index in [1.807, 2.05) is 38.1 Å². The Kier molecular flexibility index (Phi) is 2.95. The highest BCUT2D eigenvalue weighted by Gasteiger charge is 2.13. The second-order valence-electron chi connectivity index (χ2n) is 4.82. The van der Waals surface area contributed by atoms with Gasteiger partial charge in [0.05, 0.1) is 5.69 Å². The molecule has 0 aliphatic carbocycles. The van der Waals surface area contributed by atoms with Gasteiger partial charge >= 0.3 is 0 Å². The van der Waals surface area contributed by atoms with Crippen molar-refractivity contribution in [1.82, 2.24) is 20.0 Å². The smallest absolute Gasteiger partial charge is 0.155 e. The number of nitrogens with two attached hydrogens (primary N) is 1. The molecule has 3 rings (SSSR count). The SMILES string of the molecule is Cc1cc(C)cc(-n2nnc(-c3cccnc3)c2N)c1. The van der Waals surface area contributed by atoms with Gasteiger partial charge in [-0.3, -0.25) is 4.98 Å². The lowest BCUT2D eigenvalue weighted by atomic mass is 10.1. The largest absolute Gasteiger partial charge is 0.382 e. The van der Waals surface area contributed by atoms with Gasteiger partial charge < -0.3 is 5.73 Å². The minimum atomic E-state index is 0.517. The van der Waals surface area contributed by atoms with Crippen molar-refractivity contribution in [3.05, 3.63) is 53.9 Å². The molecule has 3 aromatic rings. The Morgan fingerprint density at radius 3 is 2.50 bits per heavy atom. The lowest BCUT2D eigenvalue weighted by molar-refractivity contribution is 0.809. The van der Waals surface area contributed by atoms with E-state index in [0.717, 1.165) is 22.4 Å². The van der Waals surface area contributed by atoms with Crippen LogP contribution in [0.2, 0.25) is 0 Å². The average Bonchev–Trinajstić information content (AvgIpc) is 2.80. The highest BCUT2D eigenvalue weighted by Crippen LogP contribution is 2.25. The van der Waals surface area contributed by atoms with Gasteiger partial charge in [0.15, 0.2) is 5.82 Å². The molecule has 5 nitrogen and oxygen atoms in total. The molecule has 0 atom stereocenters. The lowest BCUT2D eigenvalue weighted by Gasteiger charge is -2.06. The van der Waals surface area contributed by atoms with Gasteiger partial charge in [0.1, 0.15) is 5.69 Å². The van der Waals surface area contributed by atoms with Crippen molar-refractivity contribution in [3.63, 3.8) is 0 Å². The van der Waals surface area contributed by atoms with Crippen LogP contribution in [0.4, 0.5) is 5.82 Å². The number of nitrogen functional groups attached to an aromatic ring is 1. The van der Waals surface area contributed by atoms with Crippen LogP contribution in [0.15, 0.2) is 42.7 Å². The maximum atomic E-state index is 6.18. The molecule has 2 N–H and O–H groups in total. The van der Waals surface area contributed by atoms with Gasteiger partial charge in [-0.15, -0.1) is 5.10 Å². The maximum Gasteiger partial charge on any atom is 0.155 e. The molecule has 0 amide bonds. The first-order valence-corrected chi connectivity index (χ1v) is 6.35. The maximum absolute atomic E-state index is 6.18. The van der Waals surface area contributed by atoms with Gasteiger partial charge in [-0.25, -0.2) is 0 Å². The van der Waals surface area contributed by atoms with Gasteiger partial charge in [-0.2, -0.15) is 4.68 Å². The number of anilines is 1. The van der Waals surface area contributed by atoms with E-state index in [0.29, 0.717) is 11.5 Å². The minimum absolute atomic E-state index is 0.517. The van der Waals surface area contributed by atoms with Crippen molar-refractivity contribution >= 4 is 5.82 Å². The van der Waals surface area contributed by atoms with Crippen LogP contribution in [0.3, 0.4) is 0 Å². The van der Waals surface area contributed by atoms with E-state index in [1.165, 1.54) is 0 Å². The van der Waals surface area contributed by atoms with Gasteiger partial charge in [0, 0.05) is 18.0 Å². The molecule has 100 valence electrons. The molecule has 2 aromatic heterocycles. The van der Waals surface area contributed by atoms with E-state index in [-0.39, 0.29) is 0 Å². The average molecular weight is 265 g/mol. The zero-order chi connectivity index (χ0) is 14.1. The molecule has 0 saturated heterocycles. The highest BCUT2D eigenvalue weighted by atomic mass is 15.5. The third-order valence-corrected chi connectivity index (χ3v) is 3.09. The fraction of sp³-hybridized carbons (Fsp3) is 0.133. The summed E-state index contributed by atoms with van der Waals surface area (Å²) in [6.45, 7) is 4.09. The molecular weight excluding hydrogens is 250 g/mol. The van der Waals surface area contributed by atoms with Crippen LogP contribution in [0.5, 0.6) is 0 Å². The van der Waals surface area contributed by atoms with Crippen LogP contribution in [0.25, 0.3) is 16.9 Å². The van der Waals surface area contributed by atoms with Gasteiger partial charge in [0.25, 0.3) is 0 Å². The molecule has 0 aliphatic heterocycles. The summed E-state index contributed by atoms with van der Waals surface area (Å²) in [5, 5.41) is 8.33. The number of benzene rings is 1. The molecular formula is C15H15N5. The zero-order valence-electron chi connectivity index (χ0n) is 11.4. The lowest BCUT2D eigenvalue weighted by Crippen LogP contribution is -2.03. The Hall–Kier alpha value is -2.69. The van der Waals surface area contributed by atoms with Crippen molar-refractivity contribution < 1.29 is 0 Å². The number of hydrogen-bond donors (Lipinski definition) is 1. The Morgan fingerprint density at radius 1 is 1.10 bits per heavy atom. The van der Waals surface area contributed by atoms with Crippen LogP contribution in [-0.2, 0) is 0 Å². The van der Waals surface area contributed by atoms with E-state index in [1.54, 1.807) is 17.1 Å². The molecule has 0 saturated carbocycles. The second-order valence-corrected chi connectivity index (χ2v) is 4.82. The summed E-state index contributed by atoms with van der Waals surface area (Å²) < 4.78 is 1.66. The van der Waals surface area contributed by atoms with E-state index >= 15 is 0 Å². The Balaban J connectivity index is 2.11. The molecule has 0 radical (unpaired) electrons.